The van der Waals surface area contributed by atoms with E-state index in [4.69, 9.17) is 15.0 Å². The Labute approximate surface area is 141 Å². The number of nitrogens with two attached hydrogens (primary N) is 1. The van der Waals surface area contributed by atoms with Crippen LogP contribution in [-0.2, 0) is 13.0 Å². The number of rotatable bonds is 5. The molecule has 0 aliphatic carbocycles. The Morgan fingerprint density at radius 1 is 1.29 bits per heavy atom. The fourth-order valence-corrected chi connectivity index (χ4v) is 3.60. The Bertz CT molecular complexity index is 596. The first-order valence-corrected chi connectivity index (χ1v) is 8.25. The van der Waals surface area contributed by atoms with Crippen molar-refractivity contribution in [2.45, 2.75) is 39.8 Å². The van der Waals surface area contributed by atoms with Crippen LogP contribution in [0, 0.1) is 13.8 Å². The van der Waals surface area contributed by atoms with E-state index in [0.29, 0.717) is 6.61 Å². The van der Waals surface area contributed by atoms with Crippen LogP contribution in [0.3, 0.4) is 0 Å². The zero-order valence-corrected chi connectivity index (χ0v) is 15.4. The molecule has 1 heterocycles. The fraction of sp³-hybridized carbons (Fsp3) is 0.400. The smallest absolute Gasteiger partial charge is 0.148 e. The Morgan fingerprint density at radius 3 is 2.38 bits per heavy atom. The Hall–Kier alpha value is -0.850. The number of hydrogen-bond donors (Lipinski definition) is 1. The SMILES string of the molecule is Cc1noc(C)c1COc1c(Br)cc(CC(C)N)cc1Br. The predicted molar refractivity (Wildman–Crippen MR) is 89.5 cm³/mol. The van der Waals surface area contributed by atoms with E-state index < -0.39 is 0 Å². The second-order valence-corrected chi connectivity index (χ2v) is 6.87. The third-order valence-electron chi connectivity index (χ3n) is 3.16. The maximum Gasteiger partial charge on any atom is 0.148 e. The minimum atomic E-state index is 0.123. The largest absolute Gasteiger partial charge is 0.486 e. The topological polar surface area (TPSA) is 61.3 Å². The highest BCUT2D eigenvalue weighted by molar-refractivity contribution is 9.11. The van der Waals surface area contributed by atoms with E-state index in [-0.39, 0.29) is 6.04 Å². The van der Waals surface area contributed by atoms with Crippen molar-refractivity contribution in [2.24, 2.45) is 5.73 Å². The minimum absolute atomic E-state index is 0.123. The Balaban J connectivity index is 2.17. The van der Waals surface area contributed by atoms with Gasteiger partial charge >= 0.3 is 0 Å². The monoisotopic (exact) mass is 416 g/mol. The normalized spacial score (nSPS) is 12.5. The van der Waals surface area contributed by atoms with Crippen LogP contribution >= 0.6 is 31.9 Å². The molecule has 2 rings (SSSR count). The van der Waals surface area contributed by atoms with E-state index >= 15 is 0 Å². The second-order valence-electron chi connectivity index (χ2n) is 5.16. The molecule has 2 N–H and O–H groups in total. The molecule has 0 saturated carbocycles. The summed E-state index contributed by atoms with van der Waals surface area (Å²) in [4.78, 5) is 0. The lowest BCUT2D eigenvalue weighted by Gasteiger charge is -2.13. The molecule has 0 radical (unpaired) electrons. The fourth-order valence-electron chi connectivity index (χ4n) is 2.09. The zero-order chi connectivity index (χ0) is 15.6. The van der Waals surface area contributed by atoms with Crippen molar-refractivity contribution in [3.63, 3.8) is 0 Å². The molecule has 0 amide bonds. The van der Waals surface area contributed by atoms with E-state index in [0.717, 1.165) is 43.7 Å². The first kappa shape index (κ1) is 16.5. The van der Waals surface area contributed by atoms with Gasteiger partial charge in [0.15, 0.2) is 0 Å². The number of aromatic nitrogens is 1. The van der Waals surface area contributed by atoms with Crippen molar-refractivity contribution in [3.8, 4) is 5.75 Å². The highest BCUT2D eigenvalue weighted by Gasteiger charge is 2.14. The van der Waals surface area contributed by atoms with Crippen molar-refractivity contribution in [2.75, 3.05) is 0 Å². The summed E-state index contributed by atoms with van der Waals surface area (Å²) in [5.74, 6) is 1.55. The van der Waals surface area contributed by atoms with E-state index in [9.17, 15) is 0 Å². The molecule has 1 aromatic heterocycles. The summed E-state index contributed by atoms with van der Waals surface area (Å²) in [5.41, 5.74) is 8.84. The van der Waals surface area contributed by atoms with Gasteiger partial charge in [0.1, 0.15) is 18.1 Å². The van der Waals surface area contributed by atoms with Gasteiger partial charge in [-0.3, -0.25) is 0 Å². The lowest BCUT2D eigenvalue weighted by molar-refractivity contribution is 0.298. The quantitative estimate of drug-likeness (QED) is 0.788. The van der Waals surface area contributed by atoms with Crippen LogP contribution in [0.1, 0.15) is 29.5 Å². The number of halogens is 2. The summed E-state index contributed by atoms with van der Waals surface area (Å²) in [6, 6.07) is 4.20. The molecule has 0 spiro atoms. The van der Waals surface area contributed by atoms with Crippen LogP contribution in [0.2, 0.25) is 0 Å². The summed E-state index contributed by atoms with van der Waals surface area (Å²) in [7, 11) is 0. The van der Waals surface area contributed by atoms with Crippen LogP contribution in [-0.4, -0.2) is 11.2 Å². The van der Waals surface area contributed by atoms with E-state index in [1.54, 1.807) is 0 Å². The van der Waals surface area contributed by atoms with E-state index in [2.05, 4.69) is 37.0 Å². The molecule has 1 unspecified atom stereocenters. The number of aryl methyl sites for hydroxylation is 2. The number of ether oxygens (including phenoxy) is 1. The summed E-state index contributed by atoms with van der Waals surface area (Å²) in [5, 5.41) is 3.93. The first-order chi connectivity index (χ1) is 9.88. The Morgan fingerprint density at radius 2 is 1.90 bits per heavy atom. The van der Waals surface area contributed by atoms with Gasteiger partial charge in [0.05, 0.1) is 20.2 Å². The molecule has 0 saturated heterocycles. The minimum Gasteiger partial charge on any atom is -0.486 e. The molecule has 0 bridgehead atoms. The van der Waals surface area contributed by atoms with Gasteiger partial charge in [-0.15, -0.1) is 0 Å². The molecule has 1 aromatic carbocycles. The van der Waals surface area contributed by atoms with Gasteiger partial charge in [0.2, 0.25) is 0 Å². The molecule has 0 aliphatic rings. The molecule has 4 nitrogen and oxygen atoms in total. The van der Waals surface area contributed by atoms with Gasteiger partial charge in [0.25, 0.3) is 0 Å². The average Bonchev–Trinajstić information content (AvgIpc) is 2.68. The van der Waals surface area contributed by atoms with E-state index in [1.807, 2.05) is 32.9 Å². The summed E-state index contributed by atoms with van der Waals surface area (Å²) >= 11 is 7.11. The number of nitrogens with zero attached hydrogens (tertiary/aromatic N) is 1. The molecule has 0 fully saturated rings. The average molecular weight is 418 g/mol. The molecule has 2 aromatic rings. The molecular formula is C15H18Br2N2O2. The van der Waals surface area contributed by atoms with E-state index in [1.165, 1.54) is 0 Å². The third kappa shape index (κ3) is 4.08. The summed E-state index contributed by atoms with van der Waals surface area (Å²) in [6.45, 7) is 6.20. The van der Waals surface area contributed by atoms with Gasteiger partial charge in [-0.1, -0.05) is 5.16 Å². The highest BCUT2D eigenvalue weighted by Crippen LogP contribution is 2.36. The van der Waals surface area contributed by atoms with Crippen molar-refractivity contribution < 1.29 is 9.26 Å². The van der Waals surface area contributed by atoms with Crippen LogP contribution in [0.15, 0.2) is 25.6 Å². The van der Waals surface area contributed by atoms with Gasteiger partial charge in [-0.05, 0) is 76.7 Å². The summed E-state index contributed by atoms with van der Waals surface area (Å²) < 4.78 is 12.9. The second kappa shape index (κ2) is 6.94. The van der Waals surface area contributed by atoms with Gasteiger partial charge in [-0.2, -0.15) is 0 Å². The van der Waals surface area contributed by atoms with Crippen LogP contribution in [0.25, 0.3) is 0 Å². The number of benzene rings is 1. The van der Waals surface area contributed by atoms with Crippen LogP contribution in [0.4, 0.5) is 0 Å². The van der Waals surface area contributed by atoms with Gasteiger partial charge in [0, 0.05) is 6.04 Å². The van der Waals surface area contributed by atoms with Crippen LogP contribution < -0.4 is 10.5 Å². The van der Waals surface area contributed by atoms with Crippen LogP contribution in [0.5, 0.6) is 5.75 Å². The standard InChI is InChI=1S/C15H18Br2N2O2/c1-8(18)4-11-5-13(16)15(14(17)6-11)20-7-12-9(2)19-21-10(12)3/h5-6,8H,4,7,18H2,1-3H3. The van der Waals surface area contributed by atoms with Gasteiger partial charge < -0.3 is 15.0 Å². The number of hydrogen-bond acceptors (Lipinski definition) is 4. The lowest BCUT2D eigenvalue weighted by atomic mass is 10.1. The third-order valence-corrected chi connectivity index (χ3v) is 4.34. The molecular weight excluding hydrogens is 400 g/mol. The maximum atomic E-state index is 5.91. The molecule has 1 atom stereocenters. The summed E-state index contributed by atoms with van der Waals surface area (Å²) in [6.07, 6.45) is 0.821. The zero-order valence-electron chi connectivity index (χ0n) is 12.2. The van der Waals surface area contributed by atoms with Crippen molar-refractivity contribution in [1.29, 1.82) is 0 Å². The molecule has 0 aliphatic heterocycles. The van der Waals surface area contributed by atoms with Crippen molar-refractivity contribution in [3.05, 3.63) is 43.7 Å². The predicted octanol–water partition coefficient (Wildman–Crippen LogP) is 4.29. The molecule has 114 valence electrons. The van der Waals surface area contributed by atoms with Crippen molar-refractivity contribution in [1.82, 2.24) is 5.16 Å². The Kier molecular flexibility index (Phi) is 5.46. The lowest BCUT2D eigenvalue weighted by Crippen LogP contribution is -2.17. The maximum absolute atomic E-state index is 5.91. The molecule has 21 heavy (non-hydrogen) atoms. The van der Waals surface area contributed by atoms with Gasteiger partial charge in [-0.25, -0.2) is 0 Å². The van der Waals surface area contributed by atoms with Crippen molar-refractivity contribution >= 4 is 31.9 Å². The highest BCUT2D eigenvalue weighted by atomic mass is 79.9. The molecule has 6 heteroatoms. The first-order valence-electron chi connectivity index (χ1n) is 6.66.